The summed E-state index contributed by atoms with van der Waals surface area (Å²) in [7, 11) is -6.85. The van der Waals surface area contributed by atoms with E-state index in [2.05, 4.69) is 59.0 Å². The van der Waals surface area contributed by atoms with E-state index in [1.807, 2.05) is 32.6 Å². The lowest BCUT2D eigenvalue weighted by Crippen LogP contribution is -2.41. The molecule has 0 atom stereocenters. The van der Waals surface area contributed by atoms with Crippen molar-refractivity contribution >= 4 is 134 Å². The second-order valence-corrected chi connectivity index (χ2v) is 27.1. The van der Waals surface area contributed by atoms with Crippen LogP contribution in [0.15, 0.2) is 87.0 Å². The Kier molecular flexibility index (Phi) is 22.2. The van der Waals surface area contributed by atoms with Gasteiger partial charge in [0, 0.05) is 79.7 Å². The van der Waals surface area contributed by atoms with Crippen molar-refractivity contribution in [1.82, 2.24) is 44.9 Å². The van der Waals surface area contributed by atoms with Crippen LogP contribution in [0.4, 0.5) is 23.0 Å². The number of halogens is 3. The Labute approximate surface area is 533 Å². The number of nitrogens with one attached hydrogen (secondary N) is 3. The maximum absolute atomic E-state index is 11.7. The van der Waals surface area contributed by atoms with Crippen LogP contribution in [0, 0.1) is 0 Å². The van der Waals surface area contributed by atoms with E-state index in [-0.39, 0.29) is 50.4 Å². The Balaban J connectivity index is 0.000000155. The average molecular weight is 1360 g/mol. The van der Waals surface area contributed by atoms with Gasteiger partial charge in [0.25, 0.3) is 0 Å². The van der Waals surface area contributed by atoms with Crippen LogP contribution in [0.3, 0.4) is 0 Å². The number of aromatic nitrogens is 9. The van der Waals surface area contributed by atoms with Gasteiger partial charge in [-0.3, -0.25) is 14.2 Å². The molecule has 9 aromatic heterocycles. The number of rotatable bonds is 13. The third kappa shape index (κ3) is 18.2. The molecule has 0 saturated carbocycles. The van der Waals surface area contributed by atoms with Crippen molar-refractivity contribution < 1.29 is 71.5 Å². The van der Waals surface area contributed by atoms with E-state index in [0.717, 1.165) is 32.0 Å². The summed E-state index contributed by atoms with van der Waals surface area (Å²) in [6.45, 7) is 12.4. The highest BCUT2D eigenvalue weighted by Gasteiger charge is 2.52. The molecule has 0 unspecified atom stereocenters. The highest BCUT2D eigenvalue weighted by molar-refractivity contribution is 7.92. The number of furan rings is 3. The van der Waals surface area contributed by atoms with E-state index in [9.17, 15) is 25.3 Å². The molecule has 3 N–H and O–H groups in total. The molecular formula is C54H63BCl3N13O16S3. The van der Waals surface area contributed by atoms with E-state index in [0.29, 0.717) is 93.5 Å². The zero-order valence-corrected chi connectivity index (χ0v) is 54.9. The normalized spacial score (nSPS) is 15.4. The molecule has 0 spiro atoms. The Hall–Kier alpha value is -7.47. The number of morpholine rings is 1. The topological polar surface area (TPSA) is 362 Å². The smallest absolute Gasteiger partial charge is 0.480 e. The standard InChI is InChI=1S/C17H19N5O5S.C13H21BN2O5S.C13H11ClN4O4S.C6H2Cl2N2O.C5H10O/c1-25-16-13(21-28(2,23)24)9-11(10-18-16)14-15-12(3-6-27-15)19-17(20-14)22-4-7-26-8-5-22;1-12(2)13(3,4)21-14(20-12)9-7-10(16-22(6,17)18)11(19-5)15-8-9;1-21-12-9(18-23(2,19)20)5-7(6-15-12)10-11-8(3-4-22-11)16-13(14)17-10;7-5-4-3(1-2-11-4)9-6(8)10-5;1-2-4-6-5-3-1/h3,6,9-10,21H,4-5,7-8H2,1-2H3;7-8,16H,1-6H3;3-6,18H,1-2H3;1-2H;1-5H2. The summed E-state index contributed by atoms with van der Waals surface area (Å²) in [4.78, 5) is 39.4. The summed E-state index contributed by atoms with van der Waals surface area (Å²) < 4.78 is 130. The molecule has 29 nitrogen and oxygen atoms in total. The van der Waals surface area contributed by atoms with Crippen LogP contribution in [-0.2, 0) is 48.9 Å². The van der Waals surface area contributed by atoms with Crippen LogP contribution < -0.4 is 38.7 Å². The summed E-state index contributed by atoms with van der Waals surface area (Å²) in [6.07, 6.45) is 16.2. The first kappa shape index (κ1) is 68.4. The Morgan fingerprint density at radius 2 is 0.933 bits per heavy atom. The van der Waals surface area contributed by atoms with Gasteiger partial charge in [0.1, 0.15) is 45.0 Å². The fraction of sp³-hybridized carbons (Fsp3) is 0.389. The molecule has 3 aliphatic heterocycles. The van der Waals surface area contributed by atoms with Crippen LogP contribution in [-0.4, -0.2) is 168 Å². The first-order valence-electron chi connectivity index (χ1n) is 27.1. The molecule has 0 amide bonds. The van der Waals surface area contributed by atoms with Gasteiger partial charge < -0.3 is 51.1 Å². The van der Waals surface area contributed by atoms with E-state index >= 15 is 0 Å². The van der Waals surface area contributed by atoms with Gasteiger partial charge >= 0.3 is 7.12 Å². The number of nitrogens with zero attached hydrogens (tertiary/aromatic N) is 10. The lowest BCUT2D eigenvalue weighted by atomic mass is 9.80. The summed E-state index contributed by atoms with van der Waals surface area (Å²) in [5, 5.41) is 0.413. The minimum Gasteiger partial charge on any atom is -0.480 e. The molecule has 0 aromatic carbocycles. The summed E-state index contributed by atoms with van der Waals surface area (Å²) >= 11 is 17.1. The van der Waals surface area contributed by atoms with Gasteiger partial charge in [-0.15, -0.1) is 0 Å². The predicted octanol–water partition coefficient (Wildman–Crippen LogP) is 8.30. The maximum Gasteiger partial charge on any atom is 0.496 e. The number of hydrogen-bond donors (Lipinski definition) is 3. The number of ether oxygens (including phenoxy) is 5. The molecule has 3 fully saturated rings. The van der Waals surface area contributed by atoms with E-state index in [1.54, 1.807) is 49.0 Å². The molecule has 12 rings (SSSR count). The number of fused-ring (bicyclic) bond motifs is 3. The molecule has 3 aliphatic rings. The van der Waals surface area contributed by atoms with Gasteiger partial charge in [-0.25, -0.2) is 70.1 Å². The van der Waals surface area contributed by atoms with Gasteiger partial charge in [-0.1, -0.05) is 11.6 Å². The Morgan fingerprint density at radius 3 is 1.38 bits per heavy atom. The largest absolute Gasteiger partial charge is 0.496 e. The molecular weight excluding hydrogens is 1300 g/mol. The fourth-order valence-corrected chi connectivity index (χ4v) is 10.8. The van der Waals surface area contributed by atoms with Crippen LogP contribution in [0.1, 0.15) is 47.0 Å². The van der Waals surface area contributed by atoms with Gasteiger partial charge in [-0.05, 0) is 88.4 Å². The molecule has 0 radical (unpaired) electrons. The maximum atomic E-state index is 11.7. The quantitative estimate of drug-likeness (QED) is 0.0555. The van der Waals surface area contributed by atoms with Crippen molar-refractivity contribution in [3.8, 4) is 40.2 Å². The van der Waals surface area contributed by atoms with Gasteiger partial charge in [-0.2, -0.15) is 0 Å². The number of sulfonamides is 3. The van der Waals surface area contributed by atoms with Crippen molar-refractivity contribution in [2.75, 3.05) is 98.7 Å². The third-order valence-corrected chi connectivity index (χ3v) is 15.7. The van der Waals surface area contributed by atoms with Crippen molar-refractivity contribution in [2.45, 2.75) is 58.2 Å². The minimum atomic E-state index is -3.51. The van der Waals surface area contributed by atoms with Crippen LogP contribution in [0.5, 0.6) is 17.6 Å². The fourth-order valence-electron chi connectivity index (χ4n) is 8.52. The highest BCUT2D eigenvalue weighted by Crippen LogP contribution is 2.38. The lowest BCUT2D eigenvalue weighted by Gasteiger charge is -2.32. The average Bonchev–Trinajstić information content (AvgIpc) is 1.56. The molecule has 482 valence electrons. The lowest BCUT2D eigenvalue weighted by molar-refractivity contribution is 0.00578. The first-order valence-corrected chi connectivity index (χ1v) is 33.9. The van der Waals surface area contributed by atoms with E-state index < -0.39 is 48.4 Å². The SMILES string of the molecule is C1CCOCC1.COc1ncc(-c2nc(Cl)nc3ccoc23)cc1NS(C)(=O)=O.COc1ncc(-c2nc(N3CCOCC3)nc3ccoc23)cc1NS(C)(=O)=O.COc1ncc(B2OC(C)(C)C(C)(C)O2)cc1NS(C)(=O)=O.Clc1nc(Cl)c2occc2n1. The third-order valence-electron chi connectivity index (χ3n) is 13.3. The van der Waals surface area contributed by atoms with Gasteiger partial charge in [0.15, 0.2) is 21.9 Å². The second-order valence-electron chi connectivity index (χ2n) is 20.8. The van der Waals surface area contributed by atoms with Gasteiger partial charge in [0.05, 0.1) is 83.3 Å². The van der Waals surface area contributed by atoms with Crippen LogP contribution >= 0.6 is 34.8 Å². The highest BCUT2D eigenvalue weighted by atomic mass is 35.5. The second kappa shape index (κ2) is 29.2. The Morgan fingerprint density at radius 1 is 0.522 bits per heavy atom. The predicted molar refractivity (Wildman–Crippen MR) is 340 cm³/mol. The first-order chi connectivity index (χ1) is 42.5. The zero-order valence-electron chi connectivity index (χ0n) is 50.2. The number of methoxy groups -OCH3 is 3. The number of pyridine rings is 3. The monoisotopic (exact) mass is 1360 g/mol. The zero-order chi connectivity index (χ0) is 65.2. The molecule has 12 heterocycles. The number of hydrogen-bond acceptors (Lipinski definition) is 26. The molecule has 0 aliphatic carbocycles. The van der Waals surface area contributed by atoms with Crippen LogP contribution in [0.25, 0.3) is 55.8 Å². The minimum absolute atomic E-state index is 0.0438. The molecule has 36 heteroatoms. The summed E-state index contributed by atoms with van der Waals surface area (Å²) in [5.41, 5.74) is 5.48. The molecule has 9 aromatic rings. The molecule has 0 bridgehead atoms. The van der Waals surface area contributed by atoms with E-state index in [4.69, 9.17) is 81.0 Å². The van der Waals surface area contributed by atoms with Crippen molar-refractivity contribution in [1.29, 1.82) is 0 Å². The molecule has 3 saturated heterocycles. The summed E-state index contributed by atoms with van der Waals surface area (Å²) in [5.74, 6) is 1.04. The summed E-state index contributed by atoms with van der Waals surface area (Å²) in [6, 6.07) is 9.84. The van der Waals surface area contributed by atoms with E-state index in [1.165, 1.54) is 65.4 Å². The van der Waals surface area contributed by atoms with Crippen molar-refractivity contribution in [2.24, 2.45) is 0 Å². The molecule has 90 heavy (non-hydrogen) atoms. The van der Waals surface area contributed by atoms with Crippen molar-refractivity contribution in [3.63, 3.8) is 0 Å². The number of anilines is 4. The van der Waals surface area contributed by atoms with Crippen molar-refractivity contribution in [3.05, 3.63) is 89.5 Å². The van der Waals surface area contributed by atoms with Gasteiger partial charge in [0.2, 0.25) is 64.2 Å². The van der Waals surface area contributed by atoms with Crippen LogP contribution in [0.2, 0.25) is 15.7 Å². The Bertz CT molecular complexity index is 4300.